The minimum absolute atomic E-state index is 0.0663. The van der Waals surface area contributed by atoms with Gasteiger partial charge in [-0.2, -0.15) is 8.42 Å². The summed E-state index contributed by atoms with van der Waals surface area (Å²) in [6.07, 6.45) is 1.29. The van der Waals surface area contributed by atoms with E-state index in [2.05, 4.69) is 0 Å². The van der Waals surface area contributed by atoms with Crippen LogP contribution in [0.2, 0.25) is 0 Å². The molecular weight excluding hydrogens is 352 g/mol. The largest absolute Gasteiger partial charge is 0.462 e. The zero-order chi connectivity index (χ0) is 19.0. The lowest BCUT2D eigenvalue weighted by Gasteiger charge is -2.23. The second kappa shape index (κ2) is 8.96. The van der Waals surface area contributed by atoms with Crippen molar-refractivity contribution in [1.29, 1.82) is 0 Å². The molecule has 0 fully saturated rings. The number of carbonyl (C=O) groups is 1. The van der Waals surface area contributed by atoms with E-state index < -0.39 is 10.1 Å². The van der Waals surface area contributed by atoms with E-state index in [-0.39, 0.29) is 29.5 Å². The molecule has 140 valence electrons. The van der Waals surface area contributed by atoms with Crippen LogP contribution in [-0.2, 0) is 19.0 Å². The molecule has 26 heavy (non-hydrogen) atoms. The number of rotatable bonds is 9. The quantitative estimate of drug-likeness (QED) is 0.375. The normalized spacial score (nSPS) is 11.9. The molecule has 2 aromatic carbocycles. The van der Waals surface area contributed by atoms with Gasteiger partial charge in [-0.05, 0) is 42.5 Å². The first-order valence-electron chi connectivity index (χ1n) is 8.47. The van der Waals surface area contributed by atoms with Crippen molar-refractivity contribution in [2.45, 2.75) is 31.6 Å². The number of ether oxygens (including phenoxy) is 1. The van der Waals surface area contributed by atoms with Gasteiger partial charge in [0.05, 0.1) is 23.7 Å². The van der Waals surface area contributed by atoms with Gasteiger partial charge in [-0.1, -0.05) is 50.2 Å². The highest BCUT2D eigenvalue weighted by Crippen LogP contribution is 2.25. The number of hydrogen-bond acceptors (Lipinski definition) is 5. The zero-order valence-electron chi connectivity index (χ0n) is 15.1. The Morgan fingerprint density at radius 3 is 2.15 bits per heavy atom. The highest BCUT2D eigenvalue weighted by molar-refractivity contribution is 7.86. The molecule has 0 aromatic heterocycles. The maximum absolute atomic E-state index is 12.2. The van der Waals surface area contributed by atoms with Crippen molar-refractivity contribution in [3.63, 3.8) is 0 Å². The van der Waals surface area contributed by atoms with Crippen LogP contribution >= 0.6 is 0 Å². The van der Waals surface area contributed by atoms with E-state index in [4.69, 9.17) is 8.92 Å². The monoisotopic (exact) mass is 376 g/mol. The summed E-state index contributed by atoms with van der Waals surface area (Å²) in [6, 6.07) is 16.9. The summed E-state index contributed by atoms with van der Waals surface area (Å²) in [7, 11) is -3.76. The second-order valence-corrected chi connectivity index (χ2v) is 8.41. The molecule has 0 heterocycles. The van der Waals surface area contributed by atoms with E-state index in [1.54, 1.807) is 42.5 Å². The molecule has 0 N–H and O–H groups in total. The van der Waals surface area contributed by atoms with Gasteiger partial charge in [0, 0.05) is 0 Å². The van der Waals surface area contributed by atoms with Crippen molar-refractivity contribution < 1.29 is 22.1 Å². The van der Waals surface area contributed by atoms with Crippen molar-refractivity contribution in [2.75, 3.05) is 13.2 Å². The zero-order valence-corrected chi connectivity index (χ0v) is 15.9. The lowest BCUT2D eigenvalue weighted by Crippen LogP contribution is -2.23. The Kier molecular flexibility index (Phi) is 6.94. The van der Waals surface area contributed by atoms with Crippen LogP contribution in [0.15, 0.2) is 65.6 Å². The van der Waals surface area contributed by atoms with E-state index in [0.29, 0.717) is 18.4 Å². The van der Waals surface area contributed by atoms with Gasteiger partial charge in [0.1, 0.15) is 0 Å². The Morgan fingerprint density at radius 1 is 0.962 bits per heavy atom. The molecule has 0 saturated heterocycles. The smallest absolute Gasteiger partial charge is 0.338 e. The molecule has 0 saturated carbocycles. The third-order valence-electron chi connectivity index (χ3n) is 3.88. The van der Waals surface area contributed by atoms with Crippen molar-refractivity contribution in [3.8, 4) is 0 Å². The van der Waals surface area contributed by atoms with E-state index in [1.807, 2.05) is 19.9 Å². The average molecular weight is 376 g/mol. The Morgan fingerprint density at radius 2 is 1.54 bits per heavy atom. The molecule has 0 aliphatic heterocycles. The van der Waals surface area contributed by atoms with Gasteiger partial charge < -0.3 is 4.74 Å². The van der Waals surface area contributed by atoms with Gasteiger partial charge in [0.2, 0.25) is 0 Å². The molecule has 0 aliphatic rings. The van der Waals surface area contributed by atoms with Gasteiger partial charge in [-0.15, -0.1) is 0 Å². The molecule has 0 unspecified atom stereocenters. The van der Waals surface area contributed by atoms with E-state index in [0.717, 1.165) is 0 Å². The molecule has 0 bridgehead atoms. The highest BCUT2D eigenvalue weighted by Gasteiger charge is 2.23. The lowest BCUT2D eigenvalue weighted by atomic mass is 9.89. The number of esters is 1. The molecule has 0 atom stereocenters. The lowest BCUT2D eigenvalue weighted by molar-refractivity contribution is 0.0478. The molecule has 0 amide bonds. The molecule has 0 aliphatic carbocycles. The molecular formula is C20H24O5S. The summed E-state index contributed by atoms with van der Waals surface area (Å²) in [5.41, 5.74) is 0.158. The minimum atomic E-state index is -3.76. The summed E-state index contributed by atoms with van der Waals surface area (Å²) in [4.78, 5) is 12.0. The second-order valence-electron chi connectivity index (χ2n) is 6.80. The molecule has 0 radical (unpaired) electrons. The third kappa shape index (κ3) is 6.28. The first-order valence-corrected chi connectivity index (χ1v) is 9.88. The summed E-state index contributed by atoms with van der Waals surface area (Å²) >= 11 is 0. The van der Waals surface area contributed by atoms with Crippen molar-refractivity contribution in [3.05, 3.63) is 66.2 Å². The van der Waals surface area contributed by atoms with Crippen LogP contribution in [0.25, 0.3) is 0 Å². The molecule has 6 heteroatoms. The van der Waals surface area contributed by atoms with Gasteiger partial charge in [0.25, 0.3) is 10.1 Å². The standard InChI is InChI=1S/C20H24O5S/c1-20(2,16-25-26(22,23)18-12-7-4-8-13-18)14-9-15-24-19(21)17-10-5-3-6-11-17/h3-8,10-13H,9,14-16H2,1-2H3. The van der Waals surface area contributed by atoms with Gasteiger partial charge >= 0.3 is 5.97 Å². The first kappa shape index (κ1) is 20.1. The van der Waals surface area contributed by atoms with E-state index in [9.17, 15) is 13.2 Å². The maximum atomic E-state index is 12.2. The number of hydrogen-bond donors (Lipinski definition) is 0. The molecule has 2 aromatic rings. The molecule has 5 nitrogen and oxygen atoms in total. The molecule has 2 rings (SSSR count). The number of carbonyl (C=O) groups excluding carboxylic acids is 1. The summed E-state index contributed by atoms with van der Waals surface area (Å²) in [5, 5.41) is 0. The van der Waals surface area contributed by atoms with Crippen LogP contribution in [0.1, 0.15) is 37.0 Å². The van der Waals surface area contributed by atoms with E-state index in [1.165, 1.54) is 12.1 Å². The van der Waals surface area contributed by atoms with Crippen LogP contribution in [0, 0.1) is 5.41 Å². The maximum Gasteiger partial charge on any atom is 0.338 e. The van der Waals surface area contributed by atoms with Crippen molar-refractivity contribution >= 4 is 16.1 Å². The SMILES string of the molecule is CC(C)(CCCOC(=O)c1ccccc1)COS(=O)(=O)c1ccccc1. The topological polar surface area (TPSA) is 69.7 Å². The van der Waals surface area contributed by atoms with Crippen LogP contribution in [-0.4, -0.2) is 27.6 Å². The van der Waals surface area contributed by atoms with Gasteiger partial charge in [-0.25, -0.2) is 4.79 Å². The Labute approximate surface area is 155 Å². The fourth-order valence-corrected chi connectivity index (χ4v) is 3.44. The van der Waals surface area contributed by atoms with Gasteiger partial charge in [-0.3, -0.25) is 4.18 Å². The van der Waals surface area contributed by atoms with Crippen LogP contribution in [0.4, 0.5) is 0 Å². The molecule has 0 spiro atoms. The third-order valence-corrected chi connectivity index (χ3v) is 5.15. The Hall–Kier alpha value is -2.18. The fourth-order valence-electron chi connectivity index (χ4n) is 2.34. The van der Waals surface area contributed by atoms with Gasteiger partial charge in [0.15, 0.2) is 0 Å². The predicted molar refractivity (Wildman–Crippen MR) is 99.3 cm³/mol. The van der Waals surface area contributed by atoms with Crippen LogP contribution in [0.5, 0.6) is 0 Å². The van der Waals surface area contributed by atoms with E-state index >= 15 is 0 Å². The fraction of sp³-hybridized carbons (Fsp3) is 0.350. The summed E-state index contributed by atoms with van der Waals surface area (Å²) in [5.74, 6) is -0.355. The first-order chi connectivity index (χ1) is 12.3. The average Bonchev–Trinajstić information content (AvgIpc) is 2.65. The van der Waals surface area contributed by atoms with Crippen molar-refractivity contribution in [2.24, 2.45) is 5.41 Å². The summed E-state index contributed by atoms with van der Waals surface area (Å²) < 4.78 is 34.8. The number of benzene rings is 2. The predicted octanol–water partition coefficient (Wildman–Crippen LogP) is 4.06. The summed E-state index contributed by atoms with van der Waals surface area (Å²) in [6.45, 7) is 4.19. The Balaban J connectivity index is 1.76. The van der Waals surface area contributed by atoms with Crippen molar-refractivity contribution in [1.82, 2.24) is 0 Å². The highest BCUT2D eigenvalue weighted by atomic mass is 32.2. The van der Waals surface area contributed by atoms with Crippen LogP contribution < -0.4 is 0 Å². The minimum Gasteiger partial charge on any atom is -0.462 e. The Bertz CT molecular complexity index is 799. The van der Waals surface area contributed by atoms with Crippen LogP contribution in [0.3, 0.4) is 0 Å².